The van der Waals surface area contributed by atoms with E-state index in [1.54, 1.807) is 26.1 Å². The average Bonchev–Trinajstić information content (AvgIpc) is 2.63. The number of aryl methyl sites for hydroxylation is 2. The van der Waals surface area contributed by atoms with Crippen molar-refractivity contribution in [2.24, 2.45) is 0 Å². The summed E-state index contributed by atoms with van der Waals surface area (Å²) < 4.78 is 5.69. The van der Waals surface area contributed by atoms with E-state index < -0.39 is 6.04 Å². The van der Waals surface area contributed by atoms with Crippen LogP contribution in [0.2, 0.25) is 5.02 Å². The van der Waals surface area contributed by atoms with Crippen molar-refractivity contribution in [3.05, 3.63) is 64.2 Å². The van der Waals surface area contributed by atoms with Crippen LogP contribution in [0.25, 0.3) is 0 Å². The second kappa shape index (κ2) is 9.42. The molecular weight excluding hydrogens is 364 g/mol. The van der Waals surface area contributed by atoms with E-state index in [-0.39, 0.29) is 18.4 Å². The van der Waals surface area contributed by atoms with Crippen molar-refractivity contribution in [3.8, 4) is 5.75 Å². The smallest absolute Gasteiger partial charge is 0.261 e. The minimum absolute atomic E-state index is 0.141. The van der Waals surface area contributed by atoms with E-state index in [9.17, 15) is 9.59 Å². The lowest BCUT2D eigenvalue weighted by molar-refractivity contribution is -0.142. The summed E-state index contributed by atoms with van der Waals surface area (Å²) in [6, 6.07) is 12.4. The molecule has 0 aliphatic rings. The molecule has 0 aliphatic heterocycles. The van der Waals surface area contributed by atoms with Crippen LogP contribution in [0.5, 0.6) is 5.75 Å². The van der Waals surface area contributed by atoms with Crippen LogP contribution in [0.15, 0.2) is 42.5 Å². The molecule has 0 saturated carbocycles. The predicted octanol–water partition coefficient (Wildman–Crippen LogP) is 3.50. The van der Waals surface area contributed by atoms with Crippen molar-refractivity contribution in [2.45, 2.75) is 33.4 Å². The highest BCUT2D eigenvalue weighted by Gasteiger charge is 2.25. The SMILES string of the molecule is CNC(=O)[C@H](C)N(Cc1ccc(Cl)cc1)C(=O)COc1cc(C)cc(C)c1. The molecule has 0 heterocycles. The van der Waals surface area contributed by atoms with Gasteiger partial charge in [0.25, 0.3) is 5.91 Å². The van der Waals surface area contributed by atoms with Crippen LogP contribution < -0.4 is 10.1 Å². The third-order valence-electron chi connectivity index (χ3n) is 4.24. The maximum atomic E-state index is 12.8. The largest absolute Gasteiger partial charge is 0.484 e. The van der Waals surface area contributed by atoms with Gasteiger partial charge in [-0.15, -0.1) is 0 Å². The third-order valence-corrected chi connectivity index (χ3v) is 4.49. The van der Waals surface area contributed by atoms with Gasteiger partial charge in [0.2, 0.25) is 5.91 Å². The summed E-state index contributed by atoms with van der Waals surface area (Å²) in [7, 11) is 1.55. The van der Waals surface area contributed by atoms with E-state index in [0.29, 0.717) is 17.3 Å². The molecule has 1 atom stereocenters. The maximum absolute atomic E-state index is 12.8. The second-order valence-corrected chi connectivity index (χ2v) is 6.99. The number of rotatable bonds is 7. The number of nitrogens with one attached hydrogen (secondary N) is 1. The summed E-state index contributed by atoms with van der Waals surface area (Å²) in [5.41, 5.74) is 3.01. The second-order valence-electron chi connectivity index (χ2n) is 6.55. The summed E-state index contributed by atoms with van der Waals surface area (Å²) in [5, 5.41) is 3.21. The molecule has 0 aromatic heterocycles. The highest BCUT2D eigenvalue weighted by Crippen LogP contribution is 2.17. The lowest BCUT2D eigenvalue weighted by atomic mass is 10.1. The molecule has 6 heteroatoms. The number of carbonyl (C=O) groups excluding carboxylic acids is 2. The molecule has 2 aromatic rings. The number of benzene rings is 2. The van der Waals surface area contributed by atoms with Crippen molar-refractivity contribution in [1.29, 1.82) is 0 Å². The summed E-state index contributed by atoms with van der Waals surface area (Å²) in [4.78, 5) is 26.4. The number of halogens is 1. The first-order valence-electron chi connectivity index (χ1n) is 8.76. The molecule has 0 unspecified atom stereocenters. The van der Waals surface area contributed by atoms with Crippen LogP contribution in [-0.4, -0.2) is 36.4 Å². The molecule has 144 valence electrons. The first-order chi connectivity index (χ1) is 12.8. The monoisotopic (exact) mass is 388 g/mol. The molecule has 0 fully saturated rings. The quantitative estimate of drug-likeness (QED) is 0.789. The van der Waals surface area contributed by atoms with Crippen LogP contribution in [0.3, 0.4) is 0 Å². The first-order valence-corrected chi connectivity index (χ1v) is 9.14. The lowest BCUT2D eigenvalue weighted by Crippen LogP contribution is -2.48. The zero-order valence-electron chi connectivity index (χ0n) is 16.1. The summed E-state index contributed by atoms with van der Waals surface area (Å²) in [6.07, 6.45) is 0. The predicted molar refractivity (Wildman–Crippen MR) is 107 cm³/mol. The van der Waals surface area contributed by atoms with Gasteiger partial charge in [0.1, 0.15) is 11.8 Å². The van der Waals surface area contributed by atoms with E-state index in [0.717, 1.165) is 16.7 Å². The van der Waals surface area contributed by atoms with Crippen molar-refractivity contribution >= 4 is 23.4 Å². The van der Waals surface area contributed by atoms with E-state index >= 15 is 0 Å². The Morgan fingerprint density at radius 1 is 1.11 bits per heavy atom. The van der Waals surface area contributed by atoms with Crippen LogP contribution in [-0.2, 0) is 16.1 Å². The van der Waals surface area contributed by atoms with E-state index in [1.165, 1.54) is 4.90 Å². The Morgan fingerprint density at radius 2 is 1.70 bits per heavy atom. The lowest BCUT2D eigenvalue weighted by Gasteiger charge is -2.28. The summed E-state index contributed by atoms with van der Waals surface area (Å²) >= 11 is 5.92. The molecule has 27 heavy (non-hydrogen) atoms. The van der Waals surface area contributed by atoms with Gasteiger partial charge in [-0.3, -0.25) is 9.59 Å². The molecule has 0 saturated heterocycles. The molecular formula is C21H25ClN2O3. The normalized spacial score (nSPS) is 11.6. The summed E-state index contributed by atoms with van der Waals surface area (Å²) in [6.45, 7) is 5.80. The highest BCUT2D eigenvalue weighted by atomic mass is 35.5. The van der Waals surface area contributed by atoms with Crippen molar-refractivity contribution in [1.82, 2.24) is 10.2 Å². The van der Waals surface area contributed by atoms with E-state index in [2.05, 4.69) is 5.32 Å². The minimum atomic E-state index is -0.624. The Kier molecular flexibility index (Phi) is 7.25. The standard InChI is InChI=1S/C21H25ClN2O3/c1-14-9-15(2)11-19(10-14)27-13-20(25)24(16(3)21(26)23-4)12-17-5-7-18(22)8-6-17/h5-11,16H,12-13H2,1-4H3,(H,23,26)/t16-/m0/s1. The van der Waals surface area contributed by atoms with Crippen LogP contribution in [0.1, 0.15) is 23.6 Å². The van der Waals surface area contributed by atoms with Crippen LogP contribution >= 0.6 is 11.6 Å². The van der Waals surface area contributed by atoms with Gasteiger partial charge in [0.05, 0.1) is 0 Å². The number of ether oxygens (including phenoxy) is 1. The number of nitrogens with zero attached hydrogens (tertiary/aromatic N) is 1. The van der Waals surface area contributed by atoms with Crippen molar-refractivity contribution in [2.75, 3.05) is 13.7 Å². The fourth-order valence-corrected chi connectivity index (χ4v) is 2.95. The van der Waals surface area contributed by atoms with Gasteiger partial charge in [-0.2, -0.15) is 0 Å². The molecule has 0 radical (unpaired) electrons. The summed E-state index contributed by atoms with van der Waals surface area (Å²) in [5.74, 6) is 0.142. The van der Waals surface area contributed by atoms with Crippen LogP contribution in [0.4, 0.5) is 0 Å². The fraction of sp³-hybridized carbons (Fsp3) is 0.333. The van der Waals surface area contributed by atoms with Gasteiger partial charge in [-0.25, -0.2) is 0 Å². The molecule has 0 spiro atoms. The number of likely N-dealkylation sites (N-methyl/N-ethyl adjacent to an activating group) is 1. The number of carbonyl (C=O) groups is 2. The van der Waals surface area contributed by atoms with Gasteiger partial charge in [-0.1, -0.05) is 29.8 Å². The van der Waals surface area contributed by atoms with Crippen molar-refractivity contribution < 1.29 is 14.3 Å². The Balaban J connectivity index is 2.14. The Morgan fingerprint density at radius 3 is 2.26 bits per heavy atom. The van der Waals surface area contributed by atoms with Crippen LogP contribution in [0, 0.1) is 13.8 Å². The average molecular weight is 389 g/mol. The van der Waals surface area contributed by atoms with Gasteiger partial charge in [0, 0.05) is 18.6 Å². The molecule has 1 N–H and O–H groups in total. The van der Waals surface area contributed by atoms with Crippen molar-refractivity contribution in [3.63, 3.8) is 0 Å². The van der Waals surface area contributed by atoms with E-state index in [1.807, 2.05) is 44.2 Å². The highest BCUT2D eigenvalue weighted by molar-refractivity contribution is 6.30. The number of hydrogen-bond acceptors (Lipinski definition) is 3. The molecule has 2 aromatic carbocycles. The fourth-order valence-electron chi connectivity index (χ4n) is 2.82. The molecule has 0 aliphatic carbocycles. The van der Waals surface area contributed by atoms with Gasteiger partial charge >= 0.3 is 0 Å². The molecule has 2 rings (SSSR count). The molecule has 5 nitrogen and oxygen atoms in total. The third kappa shape index (κ3) is 6.00. The Hall–Kier alpha value is -2.53. The first kappa shape index (κ1) is 20.8. The zero-order valence-corrected chi connectivity index (χ0v) is 16.8. The van der Waals surface area contributed by atoms with E-state index in [4.69, 9.17) is 16.3 Å². The molecule has 2 amide bonds. The van der Waals surface area contributed by atoms with Gasteiger partial charge in [0.15, 0.2) is 6.61 Å². The maximum Gasteiger partial charge on any atom is 0.261 e. The Bertz CT molecular complexity index is 785. The Labute approximate surface area is 165 Å². The zero-order chi connectivity index (χ0) is 20.0. The van der Waals surface area contributed by atoms with Gasteiger partial charge in [-0.05, 0) is 61.7 Å². The topological polar surface area (TPSA) is 58.6 Å². The van der Waals surface area contributed by atoms with Gasteiger partial charge < -0.3 is 15.0 Å². The number of amides is 2. The minimum Gasteiger partial charge on any atom is -0.484 e. The number of hydrogen-bond donors (Lipinski definition) is 1. The molecule has 0 bridgehead atoms.